The van der Waals surface area contributed by atoms with Crippen molar-refractivity contribution in [1.29, 1.82) is 0 Å². The van der Waals surface area contributed by atoms with Gasteiger partial charge in [-0.2, -0.15) is 0 Å². The second kappa shape index (κ2) is 8.44. The molecule has 0 unspecified atom stereocenters. The Labute approximate surface area is 173 Å². The van der Waals surface area contributed by atoms with Crippen LogP contribution in [-0.4, -0.2) is 22.9 Å². The van der Waals surface area contributed by atoms with Gasteiger partial charge in [-0.15, -0.1) is 0 Å². The van der Waals surface area contributed by atoms with Gasteiger partial charge >= 0.3 is 0 Å². The first-order valence-corrected chi connectivity index (χ1v) is 10.9. The molecule has 2 fully saturated rings. The molecule has 0 radical (unpaired) electrons. The van der Waals surface area contributed by atoms with Crippen molar-refractivity contribution in [2.24, 2.45) is 0 Å². The number of rotatable bonds is 5. The summed E-state index contributed by atoms with van der Waals surface area (Å²) in [4.78, 5) is 26.5. The molecule has 2 aromatic rings. The maximum Gasteiger partial charge on any atom is 0.253 e. The van der Waals surface area contributed by atoms with E-state index in [-0.39, 0.29) is 11.8 Å². The van der Waals surface area contributed by atoms with Gasteiger partial charge in [-0.1, -0.05) is 31.4 Å². The van der Waals surface area contributed by atoms with E-state index in [0.717, 1.165) is 35.5 Å². The lowest BCUT2D eigenvalue weighted by Crippen LogP contribution is -2.25. The maximum atomic E-state index is 12.8. The minimum absolute atomic E-state index is 0.0149. The third-order valence-electron chi connectivity index (χ3n) is 6.44. The summed E-state index contributed by atoms with van der Waals surface area (Å²) in [5.74, 6) is 0.179. The maximum absolute atomic E-state index is 12.8. The Morgan fingerprint density at radius 3 is 2.45 bits per heavy atom. The fraction of sp³-hybridized carbons (Fsp3) is 0.500. The SMILES string of the molecule is Cc1cc(C(=O)NCc2ccc(N3CCCC3=O)cc2)c(C)n1C1CCCCC1. The minimum atomic E-state index is -0.0149. The second-order valence-electron chi connectivity index (χ2n) is 8.44. The topological polar surface area (TPSA) is 54.3 Å². The van der Waals surface area contributed by atoms with E-state index < -0.39 is 0 Å². The molecule has 0 bridgehead atoms. The van der Waals surface area contributed by atoms with Crippen LogP contribution in [0.5, 0.6) is 0 Å². The quantitative estimate of drug-likeness (QED) is 0.803. The first kappa shape index (κ1) is 19.7. The Hall–Kier alpha value is -2.56. The summed E-state index contributed by atoms with van der Waals surface area (Å²) in [7, 11) is 0. The zero-order valence-corrected chi connectivity index (χ0v) is 17.5. The van der Waals surface area contributed by atoms with Crippen molar-refractivity contribution in [3.63, 3.8) is 0 Å². The van der Waals surface area contributed by atoms with Gasteiger partial charge < -0.3 is 14.8 Å². The number of aromatic nitrogens is 1. The molecule has 5 nitrogen and oxygen atoms in total. The molecule has 1 aromatic heterocycles. The highest BCUT2D eigenvalue weighted by atomic mass is 16.2. The fourth-order valence-electron chi connectivity index (χ4n) is 4.90. The number of hydrogen-bond donors (Lipinski definition) is 1. The summed E-state index contributed by atoms with van der Waals surface area (Å²) in [5, 5.41) is 3.06. The van der Waals surface area contributed by atoms with Crippen LogP contribution in [-0.2, 0) is 11.3 Å². The number of amides is 2. The summed E-state index contributed by atoms with van der Waals surface area (Å²) in [6.45, 7) is 5.46. The van der Waals surface area contributed by atoms with E-state index in [9.17, 15) is 9.59 Å². The molecular weight excluding hydrogens is 362 g/mol. The highest BCUT2D eigenvalue weighted by Gasteiger charge is 2.23. The van der Waals surface area contributed by atoms with Crippen LogP contribution in [0.15, 0.2) is 30.3 Å². The Morgan fingerprint density at radius 2 is 1.79 bits per heavy atom. The molecule has 2 heterocycles. The molecular formula is C24H31N3O2. The normalized spacial score (nSPS) is 17.7. The average Bonchev–Trinajstić information content (AvgIpc) is 3.29. The third-order valence-corrected chi connectivity index (χ3v) is 6.44. The standard InChI is InChI=1S/C24H31N3O2/c1-17-15-22(18(2)27(17)21-7-4-3-5-8-21)24(29)25-16-19-10-12-20(13-11-19)26-14-6-9-23(26)28/h10-13,15,21H,3-9,14,16H2,1-2H3,(H,25,29). The zero-order chi connectivity index (χ0) is 20.4. The smallest absolute Gasteiger partial charge is 0.253 e. The molecule has 1 aliphatic heterocycles. The van der Waals surface area contributed by atoms with Crippen LogP contribution < -0.4 is 10.2 Å². The van der Waals surface area contributed by atoms with Gasteiger partial charge in [0.1, 0.15) is 0 Å². The molecule has 29 heavy (non-hydrogen) atoms. The van der Waals surface area contributed by atoms with Gasteiger partial charge in [0.15, 0.2) is 0 Å². The molecule has 1 aliphatic carbocycles. The van der Waals surface area contributed by atoms with Crippen molar-refractivity contribution in [2.75, 3.05) is 11.4 Å². The number of aryl methyl sites for hydroxylation is 1. The van der Waals surface area contributed by atoms with E-state index in [0.29, 0.717) is 19.0 Å². The summed E-state index contributed by atoms with van der Waals surface area (Å²) in [6.07, 6.45) is 7.87. The van der Waals surface area contributed by atoms with Crippen LogP contribution in [0.2, 0.25) is 0 Å². The van der Waals surface area contributed by atoms with E-state index >= 15 is 0 Å². The van der Waals surface area contributed by atoms with E-state index in [4.69, 9.17) is 0 Å². The van der Waals surface area contributed by atoms with Crippen molar-refractivity contribution in [3.8, 4) is 0 Å². The molecule has 2 aliphatic rings. The first-order valence-electron chi connectivity index (χ1n) is 10.9. The molecule has 0 atom stereocenters. The molecule has 1 aromatic carbocycles. The number of nitrogens with one attached hydrogen (secondary N) is 1. The Morgan fingerprint density at radius 1 is 1.07 bits per heavy atom. The van der Waals surface area contributed by atoms with Crippen LogP contribution >= 0.6 is 0 Å². The fourth-order valence-corrected chi connectivity index (χ4v) is 4.90. The molecule has 0 spiro atoms. The first-order chi connectivity index (χ1) is 14.0. The van der Waals surface area contributed by atoms with Crippen molar-refractivity contribution < 1.29 is 9.59 Å². The van der Waals surface area contributed by atoms with Gasteiger partial charge in [0.25, 0.3) is 5.91 Å². The summed E-state index contributed by atoms with van der Waals surface area (Å²) in [5.41, 5.74) is 5.02. The molecule has 2 amide bonds. The minimum Gasteiger partial charge on any atom is -0.348 e. The van der Waals surface area contributed by atoms with Gasteiger partial charge in [0.2, 0.25) is 5.91 Å². The number of carbonyl (C=O) groups is 2. The van der Waals surface area contributed by atoms with E-state index in [1.807, 2.05) is 35.2 Å². The Bertz CT molecular complexity index is 892. The van der Waals surface area contributed by atoms with E-state index in [2.05, 4.69) is 23.7 Å². The van der Waals surface area contributed by atoms with E-state index in [1.165, 1.54) is 37.8 Å². The highest BCUT2D eigenvalue weighted by molar-refractivity contribution is 5.96. The molecule has 4 rings (SSSR count). The van der Waals surface area contributed by atoms with Gasteiger partial charge in [0, 0.05) is 42.6 Å². The van der Waals surface area contributed by atoms with Gasteiger partial charge in [-0.3, -0.25) is 9.59 Å². The number of benzene rings is 1. The zero-order valence-electron chi connectivity index (χ0n) is 17.5. The lowest BCUT2D eigenvalue weighted by atomic mass is 9.95. The lowest BCUT2D eigenvalue weighted by Gasteiger charge is -2.26. The predicted molar refractivity (Wildman–Crippen MR) is 115 cm³/mol. The molecule has 5 heteroatoms. The molecule has 154 valence electrons. The van der Waals surface area contributed by atoms with Gasteiger partial charge in [-0.25, -0.2) is 0 Å². The van der Waals surface area contributed by atoms with Gasteiger partial charge in [0.05, 0.1) is 5.56 Å². The third kappa shape index (κ3) is 4.09. The highest BCUT2D eigenvalue weighted by Crippen LogP contribution is 2.32. The number of anilines is 1. The van der Waals surface area contributed by atoms with E-state index in [1.54, 1.807) is 0 Å². The van der Waals surface area contributed by atoms with Crippen LogP contribution in [0.25, 0.3) is 0 Å². The largest absolute Gasteiger partial charge is 0.348 e. The molecule has 1 saturated heterocycles. The van der Waals surface area contributed by atoms with Crippen molar-refractivity contribution in [2.45, 2.75) is 71.4 Å². The Balaban J connectivity index is 1.40. The van der Waals surface area contributed by atoms with Crippen LogP contribution in [0, 0.1) is 13.8 Å². The second-order valence-corrected chi connectivity index (χ2v) is 8.44. The van der Waals surface area contributed by atoms with Gasteiger partial charge in [-0.05, 0) is 56.9 Å². The number of carbonyl (C=O) groups excluding carboxylic acids is 2. The average molecular weight is 394 g/mol. The molecule has 1 N–H and O–H groups in total. The summed E-state index contributed by atoms with van der Waals surface area (Å²) >= 11 is 0. The number of hydrogen-bond acceptors (Lipinski definition) is 2. The van der Waals surface area contributed by atoms with Crippen molar-refractivity contribution in [1.82, 2.24) is 9.88 Å². The van der Waals surface area contributed by atoms with Crippen LogP contribution in [0.3, 0.4) is 0 Å². The van der Waals surface area contributed by atoms with Crippen molar-refractivity contribution >= 4 is 17.5 Å². The molecule has 1 saturated carbocycles. The van der Waals surface area contributed by atoms with Crippen molar-refractivity contribution in [3.05, 3.63) is 52.8 Å². The summed E-state index contributed by atoms with van der Waals surface area (Å²) < 4.78 is 2.37. The number of nitrogens with zero attached hydrogens (tertiary/aromatic N) is 2. The van der Waals surface area contributed by atoms with Crippen LogP contribution in [0.4, 0.5) is 5.69 Å². The monoisotopic (exact) mass is 393 g/mol. The predicted octanol–water partition coefficient (Wildman–Crippen LogP) is 4.67. The Kier molecular flexibility index (Phi) is 5.74. The lowest BCUT2D eigenvalue weighted by molar-refractivity contribution is -0.117. The summed E-state index contributed by atoms with van der Waals surface area (Å²) in [6, 6.07) is 10.5. The van der Waals surface area contributed by atoms with Crippen LogP contribution in [0.1, 0.15) is 78.3 Å².